The quantitative estimate of drug-likeness (QED) is 0.733. The maximum atomic E-state index is 12.6. The van der Waals surface area contributed by atoms with Gasteiger partial charge in [-0.15, -0.1) is 11.3 Å². The van der Waals surface area contributed by atoms with Gasteiger partial charge in [-0.3, -0.25) is 4.79 Å². The number of carbonyl (C=O) groups is 1. The van der Waals surface area contributed by atoms with E-state index in [1.165, 1.54) is 0 Å². The number of aromatic nitrogens is 2. The first-order valence-electron chi connectivity index (χ1n) is 7.22. The number of hydrogen-bond donors (Lipinski definition) is 0. The fourth-order valence-corrected chi connectivity index (χ4v) is 2.95. The van der Waals surface area contributed by atoms with Gasteiger partial charge < -0.3 is 9.32 Å². The van der Waals surface area contributed by atoms with E-state index in [0.717, 1.165) is 16.4 Å². The first kappa shape index (κ1) is 15.4. The lowest BCUT2D eigenvalue weighted by Gasteiger charge is -2.17. The minimum Gasteiger partial charge on any atom is -0.463 e. The van der Waals surface area contributed by atoms with Gasteiger partial charge in [-0.1, -0.05) is 0 Å². The summed E-state index contributed by atoms with van der Waals surface area (Å²) in [6.07, 6.45) is 1.61. The Morgan fingerprint density at radius 3 is 2.70 bits per heavy atom. The molecule has 3 heterocycles. The summed E-state index contributed by atoms with van der Waals surface area (Å²) in [5.41, 5.74) is 2.91. The highest BCUT2D eigenvalue weighted by Gasteiger charge is 2.17. The molecular formula is C17H17N3O2S. The predicted molar refractivity (Wildman–Crippen MR) is 89.3 cm³/mol. The van der Waals surface area contributed by atoms with E-state index >= 15 is 0 Å². The van der Waals surface area contributed by atoms with Crippen LogP contribution in [0.4, 0.5) is 0 Å². The molecule has 3 rings (SSSR count). The first-order chi connectivity index (χ1) is 11.0. The first-order valence-corrected chi connectivity index (χ1v) is 8.10. The van der Waals surface area contributed by atoms with Crippen molar-refractivity contribution < 1.29 is 9.21 Å². The van der Waals surface area contributed by atoms with Crippen LogP contribution in [0.5, 0.6) is 0 Å². The van der Waals surface area contributed by atoms with Crippen LogP contribution in [0.15, 0.2) is 40.3 Å². The summed E-state index contributed by atoms with van der Waals surface area (Å²) in [6.45, 7) is 4.28. The van der Waals surface area contributed by atoms with Crippen molar-refractivity contribution in [3.05, 3.63) is 57.9 Å². The van der Waals surface area contributed by atoms with Crippen molar-refractivity contribution in [1.29, 1.82) is 0 Å². The van der Waals surface area contributed by atoms with E-state index in [1.807, 2.05) is 31.4 Å². The SMILES string of the molecule is Cc1nc(CN(C)C(=O)c2ccc(-c3ccco3)nc2C)cs1. The number of thiazole rings is 1. The summed E-state index contributed by atoms with van der Waals surface area (Å²) in [5.74, 6) is 0.630. The Kier molecular flexibility index (Phi) is 4.25. The highest BCUT2D eigenvalue weighted by atomic mass is 32.1. The van der Waals surface area contributed by atoms with E-state index in [1.54, 1.807) is 41.7 Å². The number of aryl methyl sites for hydroxylation is 2. The summed E-state index contributed by atoms with van der Waals surface area (Å²) in [7, 11) is 1.77. The molecule has 0 N–H and O–H groups in total. The van der Waals surface area contributed by atoms with E-state index in [0.29, 0.717) is 23.6 Å². The van der Waals surface area contributed by atoms with E-state index in [9.17, 15) is 4.79 Å². The second-order valence-electron chi connectivity index (χ2n) is 5.33. The van der Waals surface area contributed by atoms with Crippen molar-refractivity contribution in [3.63, 3.8) is 0 Å². The Morgan fingerprint density at radius 2 is 2.09 bits per heavy atom. The predicted octanol–water partition coefficient (Wildman–Crippen LogP) is 3.69. The zero-order chi connectivity index (χ0) is 16.4. The molecule has 0 aliphatic carbocycles. The highest BCUT2D eigenvalue weighted by Crippen LogP contribution is 2.20. The zero-order valence-corrected chi connectivity index (χ0v) is 14.1. The molecule has 118 valence electrons. The summed E-state index contributed by atoms with van der Waals surface area (Å²) >= 11 is 1.59. The van der Waals surface area contributed by atoms with Gasteiger partial charge in [0.15, 0.2) is 5.76 Å². The number of nitrogens with zero attached hydrogens (tertiary/aromatic N) is 3. The Morgan fingerprint density at radius 1 is 1.26 bits per heavy atom. The van der Waals surface area contributed by atoms with E-state index in [-0.39, 0.29) is 5.91 Å². The fourth-order valence-electron chi connectivity index (χ4n) is 2.35. The van der Waals surface area contributed by atoms with Crippen LogP contribution in [0, 0.1) is 13.8 Å². The molecule has 23 heavy (non-hydrogen) atoms. The summed E-state index contributed by atoms with van der Waals surface area (Å²) < 4.78 is 5.34. The Labute approximate surface area is 138 Å². The molecule has 0 aromatic carbocycles. The summed E-state index contributed by atoms with van der Waals surface area (Å²) in [4.78, 5) is 23.1. The van der Waals surface area contributed by atoms with Crippen LogP contribution < -0.4 is 0 Å². The molecule has 1 amide bonds. The maximum absolute atomic E-state index is 12.6. The molecular weight excluding hydrogens is 310 g/mol. The monoisotopic (exact) mass is 327 g/mol. The third kappa shape index (κ3) is 3.32. The number of pyridine rings is 1. The normalized spacial score (nSPS) is 10.7. The molecule has 0 atom stereocenters. The van der Waals surface area contributed by atoms with Crippen molar-refractivity contribution in [2.24, 2.45) is 0 Å². The number of hydrogen-bond acceptors (Lipinski definition) is 5. The molecule has 0 unspecified atom stereocenters. The molecule has 6 heteroatoms. The minimum atomic E-state index is -0.0633. The lowest BCUT2D eigenvalue weighted by atomic mass is 10.1. The van der Waals surface area contributed by atoms with Gasteiger partial charge in [-0.05, 0) is 38.1 Å². The van der Waals surface area contributed by atoms with Crippen LogP contribution in [0.1, 0.15) is 26.8 Å². The maximum Gasteiger partial charge on any atom is 0.255 e. The highest BCUT2D eigenvalue weighted by molar-refractivity contribution is 7.09. The van der Waals surface area contributed by atoms with Crippen LogP contribution in [-0.4, -0.2) is 27.8 Å². The molecule has 3 aromatic heterocycles. The fraction of sp³-hybridized carbons (Fsp3) is 0.235. The molecule has 0 aliphatic rings. The van der Waals surface area contributed by atoms with Gasteiger partial charge in [-0.25, -0.2) is 9.97 Å². The second-order valence-corrected chi connectivity index (χ2v) is 6.39. The molecule has 0 saturated heterocycles. The molecule has 0 aliphatic heterocycles. The standard InChI is InChI=1S/C17H17N3O2S/c1-11-14(6-7-15(18-11)16-5-4-8-22-16)17(21)20(3)9-13-10-23-12(2)19-13/h4-8,10H,9H2,1-3H3. The second kappa shape index (κ2) is 6.34. The third-order valence-corrected chi connectivity index (χ3v) is 4.32. The number of rotatable bonds is 4. The zero-order valence-electron chi connectivity index (χ0n) is 13.2. The average Bonchev–Trinajstić information content (AvgIpc) is 3.18. The lowest BCUT2D eigenvalue weighted by molar-refractivity contribution is 0.0782. The van der Waals surface area contributed by atoms with Gasteiger partial charge in [0, 0.05) is 12.4 Å². The van der Waals surface area contributed by atoms with Gasteiger partial charge in [0.2, 0.25) is 0 Å². The third-order valence-electron chi connectivity index (χ3n) is 3.50. The number of furan rings is 1. The van der Waals surface area contributed by atoms with Crippen molar-refractivity contribution in [2.45, 2.75) is 20.4 Å². The van der Waals surface area contributed by atoms with E-state index in [2.05, 4.69) is 9.97 Å². The molecule has 0 fully saturated rings. The van der Waals surface area contributed by atoms with Crippen LogP contribution in [0.2, 0.25) is 0 Å². The molecule has 5 nitrogen and oxygen atoms in total. The minimum absolute atomic E-state index is 0.0633. The van der Waals surface area contributed by atoms with Crippen molar-refractivity contribution in [3.8, 4) is 11.5 Å². The molecule has 0 bridgehead atoms. The van der Waals surface area contributed by atoms with Gasteiger partial charge in [-0.2, -0.15) is 0 Å². The van der Waals surface area contributed by atoms with Crippen LogP contribution in [0.25, 0.3) is 11.5 Å². The smallest absolute Gasteiger partial charge is 0.255 e. The Bertz CT molecular complexity index is 824. The largest absolute Gasteiger partial charge is 0.463 e. The van der Waals surface area contributed by atoms with E-state index < -0.39 is 0 Å². The van der Waals surface area contributed by atoms with Crippen LogP contribution in [0.3, 0.4) is 0 Å². The Balaban J connectivity index is 1.79. The Hall–Kier alpha value is -2.47. The average molecular weight is 327 g/mol. The number of amides is 1. The van der Waals surface area contributed by atoms with Crippen LogP contribution in [-0.2, 0) is 6.54 Å². The molecule has 0 spiro atoms. The molecule has 0 saturated carbocycles. The van der Waals surface area contributed by atoms with Crippen molar-refractivity contribution in [2.75, 3.05) is 7.05 Å². The summed E-state index contributed by atoms with van der Waals surface area (Å²) in [5, 5.41) is 2.98. The van der Waals surface area contributed by atoms with Crippen molar-refractivity contribution in [1.82, 2.24) is 14.9 Å². The summed E-state index contributed by atoms with van der Waals surface area (Å²) in [6, 6.07) is 7.26. The van der Waals surface area contributed by atoms with Gasteiger partial charge in [0.25, 0.3) is 5.91 Å². The lowest BCUT2D eigenvalue weighted by Crippen LogP contribution is -2.27. The molecule has 0 radical (unpaired) electrons. The van der Waals surface area contributed by atoms with Gasteiger partial charge >= 0.3 is 0 Å². The van der Waals surface area contributed by atoms with E-state index in [4.69, 9.17) is 4.42 Å². The van der Waals surface area contributed by atoms with Gasteiger partial charge in [0.05, 0.1) is 34.8 Å². The topological polar surface area (TPSA) is 59.2 Å². The van der Waals surface area contributed by atoms with Crippen LogP contribution >= 0.6 is 11.3 Å². The van der Waals surface area contributed by atoms with Gasteiger partial charge in [0.1, 0.15) is 5.69 Å². The molecule has 3 aromatic rings. The number of carbonyl (C=O) groups excluding carboxylic acids is 1. The van der Waals surface area contributed by atoms with Crippen molar-refractivity contribution >= 4 is 17.2 Å².